The third-order valence-electron chi connectivity index (χ3n) is 5.41. The zero-order valence-corrected chi connectivity index (χ0v) is 19.1. The largest absolute Gasteiger partial charge is 0.489 e. The summed E-state index contributed by atoms with van der Waals surface area (Å²) in [5.74, 6) is -0.135. The molecule has 2 N–H and O–H groups in total. The minimum absolute atomic E-state index is 0.162. The fraction of sp³-hybridized carbons (Fsp3) is 0.292. The molecule has 3 aliphatic rings. The molecule has 1 aliphatic carbocycles. The van der Waals surface area contributed by atoms with E-state index in [2.05, 4.69) is 16.7 Å². The number of hydrogen-bond donors (Lipinski definition) is 2. The molecule has 33 heavy (non-hydrogen) atoms. The van der Waals surface area contributed by atoms with E-state index in [1.54, 1.807) is 42.5 Å². The molecule has 0 saturated heterocycles. The van der Waals surface area contributed by atoms with Gasteiger partial charge in [-0.05, 0) is 60.9 Å². The van der Waals surface area contributed by atoms with Crippen LogP contribution < -0.4 is 20.1 Å². The van der Waals surface area contributed by atoms with E-state index in [-0.39, 0.29) is 25.2 Å². The highest BCUT2D eigenvalue weighted by molar-refractivity contribution is 6.32. The second kappa shape index (κ2) is 9.74. The molecular formula is C24H21Cl2N3O4. The van der Waals surface area contributed by atoms with Crippen LogP contribution in [0.4, 0.5) is 0 Å². The van der Waals surface area contributed by atoms with Crippen LogP contribution >= 0.6 is 23.2 Å². The second-order valence-electron chi connectivity index (χ2n) is 7.91. The third-order valence-corrected chi connectivity index (χ3v) is 5.94. The summed E-state index contributed by atoms with van der Waals surface area (Å²) in [6.45, 7) is 0.490. The number of halogens is 2. The van der Waals surface area contributed by atoms with Gasteiger partial charge in [0.05, 0.1) is 16.7 Å². The molecule has 2 bridgehead atoms. The molecule has 170 valence electrons. The van der Waals surface area contributed by atoms with Gasteiger partial charge in [-0.25, -0.2) is 0 Å². The van der Waals surface area contributed by atoms with Gasteiger partial charge >= 0.3 is 0 Å². The normalized spacial score (nSPS) is 20.3. The van der Waals surface area contributed by atoms with E-state index < -0.39 is 23.4 Å². The molecule has 0 unspecified atom stereocenters. The van der Waals surface area contributed by atoms with Crippen LogP contribution in [-0.2, 0) is 11.2 Å². The summed E-state index contributed by atoms with van der Waals surface area (Å²) in [6.07, 6.45) is 4.86. The van der Waals surface area contributed by atoms with Crippen molar-refractivity contribution in [3.05, 3.63) is 69.7 Å². The molecule has 0 radical (unpaired) electrons. The molecule has 1 fully saturated rings. The smallest absolute Gasteiger partial charge is 0.255 e. The molecule has 1 atom stereocenters. The molecule has 2 aromatic carbocycles. The predicted octanol–water partition coefficient (Wildman–Crippen LogP) is 3.83. The minimum atomic E-state index is -0.953. The first kappa shape index (κ1) is 23.0. The summed E-state index contributed by atoms with van der Waals surface area (Å²) in [6, 6.07) is 11.1. The topological polar surface area (TPSA) is 100 Å². The van der Waals surface area contributed by atoms with Crippen LogP contribution in [0.2, 0.25) is 10.0 Å². The Hall–Kier alpha value is -3.21. The van der Waals surface area contributed by atoms with E-state index in [0.29, 0.717) is 34.4 Å². The molecule has 7 nitrogen and oxygen atoms in total. The Labute approximate surface area is 201 Å². The first-order valence-electron chi connectivity index (χ1n) is 10.4. The molecule has 1 saturated carbocycles. The molecule has 2 aliphatic heterocycles. The van der Waals surface area contributed by atoms with Crippen LogP contribution in [0, 0.1) is 11.3 Å². The highest BCUT2D eigenvalue weighted by Gasteiger charge is 2.45. The van der Waals surface area contributed by atoms with Gasteiger partial charge in [0.1, 0.15) is 36.3 Å². The van der Waals surface area contributed by atoms with Crippen molar-refractivity contribution in [2.45, 2.75) is 30.8 Å². The molecule has 5 rings (SSSR count). The van der Waals surface area contributed by atoms with Crippen molar-refractivity contribution in [2.75, 3.05) is 13.2 Å². The average molecular weight is 486 g/mol. The zero-order chi connectivity index (χ0) is 23.4. The number of nitriles is 1. The number of rotatable bonds is 2. The number of carbonyl (C=O) groups is 2. The average Bonchev–Trinajstić information content (AvgIpc) is 3.56. The number of nitrogens with zero attached hydrogens (tertiary/aromatic N) is 1. The first-order valence-corrected chi connectivity index (χ1v) is 11.2. The van der Waals surface area contributed by atoms with E-state index in [9.17, 15) is 14.9 Å². The Morgan fingerprint density at radius 2 is 1.79 bits per heavy atom. The van der Waals surface area contributed by atoms with Crippen molar-refractivity contribution in [3.63, 3.8) is 0 Å². The van der Waals surface area contributed by atoms with Crippen molar-refractivity contribution in [2.24, 2.45) is 0 Å². The van der Waals surface area contributed by atoms with Crippen LogP contribution in [0.5, 0.6) is 11.5 Å². The van der Waals surface area contributed by atoms with Gasteiger partial charge in [0, 0.05) is 11.4 Å². The Balaban J connectivity index is 1.67. The first-order chi connectivity index (χ1) is 15.9. The van der Waals surface area contributed by atoms with Crippen molar-refractivity contribution in [3.8, 4) is 17.6 Å². The van der Waals surface area contributed by atoms with E-state index in [0.717, 1.165) is 5.56 Å². The van der Waals surface area contributed by atoms with E-state index in [1.165, 1.54) is 6.07 Å². The lowest BCUT2D eigenvalue weighted by molar-refractivity contribution is -0.123. The minimum Gasteiger partial charge on any atom is -0.489 e. The lowest BCUT2D eigenvalue weighted by atomic mass is 10.0. The van der Waals surface area contributed by atoms with Gasteiger partial charge in [-0.2, -0.15) is 5.26 Å². The van der Waals surface area contributed by atoms with Crippen LogP contribution in [0.15, 0.2) is 48.6 Å². The third kappa shape index (κ3) is 5.59. The Bertz CT molecular complexity index is 1150. The molecule has 0 aromatic heterocycles. The summed E-state index contributed by atoms with van der Waals surface area (Å²) in [7, 11) is 0. The number of fused-ring (bicyclic) bond motifs is 9. The van der Waals surface area contributed by atoms with Crippen molar-refractivity contribution in [1.82, 2.24) is 10.6 Å². The van der Waals surface area contributed by atoms with E-state index in [1.807, 2.05) is 0 Å². The van der Waals surface area contributed by atoms with Crippen LogP contribution in [0.3, 0.4) is 0 Å². The quantitative estimate of drug-likeness (QED) is 0.629. The highest BCUT2D eigenvalue weighted by Crippen LogP contribution is 2.34. The Kier molecular flexibility index (Phi) is 6.77. The van der Waals surface area contributed by atoms with Crippen molar-refractivity contribution >= 4 is 35.0 Å². The van der Waals surface area contributed by atoms with Crippen molar-refractivity contribution in [1.29, 1.82) is 5.26 Å². The lowest BCUT2D eigenvalue weighted by Gasteiger charge is -2.21. The van der Waals surface area contributed by atoms with Crippen LogP contribution in [-0.4, -0.2) is 36.6 Å². The predicted molar refractivity (Wildman–Crippen MR) is 124 cm³/mol. The lowest BCUT2D eigenvalue weighted by Crippen LogP contribution is -2.51. The maximum atomic E-state index is 13.2. The SMILES string of the molecule is N#CC1(NC(=O)[C@@H]2Cc3ccc(c(Cl)c3)OC/C=C\COc3ccc(Cl)cc3C(=O)N2)CC1. The van der Waals surface area contributed by atoms with Gasteiger partial charge in [-0.1, -0.05) is 29.3 Å². The summed E-state index contributed by atoms with van der Waals surface area (Å²) in [4.78, 5) is 26.2. The van der Waals surface area contributed by atoms with Gasteiger partial charge in [-0.3, -0.25) is 9.59 Å². The number of amides is 2. The number of ether oxygens (including phenoxy) is 2. The van der Waals surface area contributed by atoms with Gasteiger partial charge in [0.15, 0.2) is 0 Å². The summed E-state index contributed by atoms with van der Waals surface area (Å²) < 4.78 is 11.4. The summed E-state index contributed by atoms with van der Waals surface area (Å²) in [5.41, 5.74) is 0.0509. The maximum absolute atomic E-state index is 13.2. The van der Waals surface area contributed by atoms with Crippen LogP contribution in [0.1, 0.15) is 28.8 Å². The fourth-order valence-corrected chi connectivity index (χ4v) is 3.83. The van der Waals surface area contributed by atoms with E-state index >= 15 is 0 Å². The molecular weight excluding hydrogens is 465 g/mol. The van der Waals surface area contributed by atoms with Crippen molar-refractivity contribution < 1.29 is 19.1 Å². The monoisotopic (exact) mass is 485 g/mol. The Morgan fingerprint density at radius 1 is 1.09 bits per heavy atom. The number of carbonyl (C=O) groups excluding carboxylic acids is 2. The number of nitrogens with one attached hydrogen (secondary N) is 2. The Morgan fingerprint density at radius 3 is 2.45 bits per heavy atom. The standard InChI is InChI=1S/C24H21Cl2N3O4/c25-16-4-6-20-17(13-16)22(30)28-19(23(31)29-24(14-27)7-8-24)12-15-3-5-21(18(26)11-15)33-10-2-1-9-32-20/h1-6,11,13,19H,7-10,12H2,(H,28,30)(H,29,31)/b2-1-/t19-/m0/s1. The fourth-order valence-electron chi connectivity index (χ4n) is 3.40. The van der Waals surface area contributed by atoms with Gasteiger partial charge in [0.2, 0.25) is 5.91 Å². The van der Waals surface area contributed by atoms with Gasteiger partial charge in [0.25, 0.3) is 5.91 Å². The molecule has 0 spiro atoms. The summed E-state index contributed by atoms with van der Waals surface area (Å²) in [5, 5.41) is 15.6. The van der Waals surface area contributed by atoms with Gasteiger partial charge in [-0.15, -0.1) is 0 Å². The highest BCUT2D eigenvalue weighted by atomic mass is 35.5. The molecule has 9 heteroatoms. The maximum Gasteiger partial charge on any atom is 0.255 e. The van der Waals surface area contributed by atoms with Crippen LogP contribution in [0.25, 0.3) is 0 Å². The van der Waals surface area contributed by atoms with E-state index in [4.69, 9.17) is 32.7 Å². The molecule has 2 aromatic rings. The molecule has 2 heterocycles. The number of hydrogen-bond acceptors (Lipinski definition) is 5. The van der Waals surface area contributed by atoms with Gasteiger partial charge < -0.3 is 20.1 Å². The summed E-state index contributed by atoms with van der Waals surface area (Å²) >= 11 is 12.5. The number of benzene rings is 2. The second-order valence-corrected chi connectivity index (χ2v) is 8.76. The zero-order valence-electron chi connectivity index (χ0n) is 17.6. The molecule has 2 amide bonds.